The first kappa shape index (κ1) is 17.9. The minimum absolute atomic E-state index is 0.0101. The molecular weight excluding hydrogens is 357 g/mol. The third-order valence-electron chi connectivity index (χ3n) is 3.56. The van der Waals surface area contributed by atoms with Gasteiger partial charge in [0.15, 0.2) is 5.17 Å². The highest BCUT2D eigenvalue weighted by molar-refractivity contribution is 8.15. The first-order valence-electron chi connectivity index (χ1n) is 7.79. The zero-order chi connectivity index (χ0) is 18.5. The Morgan fingerprint density at radius 1 is 1.31 bits per heavy atom. The minimum Gasteiger partial charge on any atom is -0.497 e. The highest BCUT2D eigenvalue weighted by Gasteiger charge is 2.32. The molecule has 0 saturated carbocycles. The van der Waals surface area contributed by atoms with Crippen LogP contribution in [0, 0.1) is 5.82 Å². The molecule has 1 aliphatic heterocycles. The van der Waals surface area contributed by atoms with E-state index < -0.39 is 5.25 Å². The van der Waals surface area contributed by atoms with E-state index in [1.165, 1.54) is 36.0 Å². The topological polar surface area (TPSA) is 79.8 Å². The summed E-state index contributed by atoms with van der Waals surface area (Å²) in [6.07, 6.45) is 0.0101. The molecule has 134 valence electrons. The summed E-state index contributed by atoms with van der Waals surface area (Å²) in [5.41, 5.74) is 1.12. The highest BCUT2D eigenvalue weighted by Crippen LogP contribution is 2.26. The molecule has 1 fully saturated rings. The molecule has 1 atom stereocenters. The van der Waals surface area contributed by atoms with Crippen LogP contribution in [0.4, 0.5) is 15.8 Å². The van der Waals surface area contributed by atoms with E-state index in [2.05, 4.69) is 15.6 Å². The summed E-state index contributed by atoms with van der Waals surface area (Å²) in [6.45, 7) is 0. The lowest BCUT2D eigenvalue weighted by Gasteiger charge is -2.08. The van der Waals surface area contributed by atoms with Crippen molar-refractivity contribution in [2.24, 2.45) is 4.99 Å². The van der Waals surface area contributed by atoms with Crippen molar-refractivity contribution >= 4 is 40.1 Å². The van der Waals surface area contributed by atoms with Gasteiger partial charge in [0.2, 0.25) is 11.8 Å². The van der Waals surface area contributed by atoms with Crippen LogP contribution in [0.3, 0.4) is 0 Å². The van der Waals surface area contributed by atoms with Crippen LogP contribution in [0.15, 0.2) is 53.5 Å². The molecule has 0 spiro atoms. The number of amides is 2. The number of amidine groups is 1. The smallest absolute Gasteiger partial charge is 0.240 e. The zero-order valence-electron chi connectivity index (χ0n) is 13.9. The van der Waals surface area contributed by atoms with Crippen LogP contribution in [0.2, 0.25) is 0 Å². The lowest BCUT2D eigenvalue weighted by atomic mass is 10.2. The fourth-order valence-electron chi connectivity index (χ4n) is 2.31. The first-order chi connectivity index (χ1) is 12.5. The number of carbonyl (C=O) groups excluding carboxylic acids is 2. The summed E-state index contributed by atoms with van der Waals surface area (Å²) in [6, 6.07) is 12.6. The molecule has 26 heavy (non-hydrogen) atoms. The second-order valence-corrected chi connectivity index (χ2v) is 6.66. The molecule has 1 aliphatic rings. The molecule has 0 bridgehead atoms. The average molecular weight is 373 g/mol. The standard InChI is InChI=1S/C18H16FN3O3S/c1-25-14-4-2-3-13(9-14)20-16(23)10-15-17(24)22-18(26-15)21-12-7-5-11(19)6-8-12/h2-9,15H,10H2,1H3,(H,20,23)(H,21,22,24)/t15-/m0/s1. The number of methoxy groups -OCH3 is 1. The van der Waals surface area contributed by atoms with Crippen LogP contribution in [0.1, 0.15) is 6.42 Å². The lowest BCUT2D eigenvalue weighted by molar-refractivity contribution is -0.122. The predicted octanol–water partition coefficient (Wildman–Crippen LogP) is 3.08. The minimum atomic E-state index is -0.570. The summed E-state index contributed by atoms with van der Waals surface area (Å²) in [5.74, 6) is -0.292. The van der Waals surface area contributed by atoms with E-state index >= 15 is 0 Å². The third kappa shape index (κ3) is 4.60. The van der Waals surface area contributed by atoms with Gasteiger partial charge in [0.1, 0.15) is 16.8 Å². The summed E-state index contributed by atoms with van der Waals surface area (Å²) >= 11 is 1.17. The van der Waals surface area contributed by atoms with Crippen molar-refractivity contribution < 1.29 is 18.7 Å². The number of hydrogen-bond donors (Lipinski definition) is 2. The lowest BCUT2D eigenvalue weighted by Crippen LogP contribution is -2.28. The summed E-state index contributed by atoms with van der Waals surface area (Å²) < 4.78 is 18.0. The van der Waals surface area contributed by atoms with Gasteiger partial charge in [0.05, 0.1) is 12.8 Å². The number of hydrogen-bond acceptors (Lipinski definition) is 5. The number of nitrogens with zero attached hydrogens (tertiary/aromatic N) is 1. The molecule has 0 aromatic heterocycles. The van der Waals surface area contributed by atoms with E-state index in [1.54, 1.807) is 31.4 Å². The Morgan fingerprint density at radius 2 is 2.08 bits per heavy atom. The van der Waals surface area contributed by atoms with Gasteiger partial charge in [0, 0.05) is 18.2 Å². The normalized spacial score (nSPS) is 17.8. The Kier molecular flexibility index (Phi) is 5.52. The van der Waals surface area contributed by atoms with Gasteiger partial charge in [-0.2, -0.15) is 0 Å². The zero-order valence-corrected chi connectivity index (χ0v) is 14.7. The van der Waals surface area contributed by atoms with Crippen LogP contribution in [0.25, 0.3) is 0 Å². The molecule has 6 nitrogen and oxygen atoms in total. The van der Waals surface area contributed by atoms with Crippen LogP contribution in [0.5, 0.6) is 5.75 Å². The van der Waals surface area contributed by atoms with Gasteiger partial charge in [-0.3, -0.25) is 9.59 Å². The first-order valence-corrected chi connectivity index (χ1v) is 8.67. The van der Waals surface area contributed by atoms with Crippen LogP contribution >= 0.6 is 11.8 Å². The monoisotopic (exact) mass is 373 g/mol. The Bertz CT molecular complexity index is 855. The van der Waals surface area contributed by atoms with Gasteiger partial charge in [-0.15, -0.1) is 0 Å². The van der Waals surface area contributed by atoms with E-state index in [-0.39, 0.29) is 24.1 Å². The number of nitrogens with one attached hydrogen (secondary N) is 2. The number of halogens is 1. The molecule has 2 N–H and O–H groups in total. The molecule has 0 unspecified atom stereocenters. The number of aliphatic imine (C=N–C) groups is 1. The Labute approximate surface area is 153 Å². The highest BCUT2D eigenvalue weighted by atomic mass is 32.2. The Hall–Kier alpha value is -2.87. The second-order valence-electron chi connectivity index (χ2n) is 5.47. The van der Waals surface area contributed by atoms with E-state index in [4.69, 9.17) is 4.74 Å². The molecule has 3 rings (SSSR count). The molecule has 1 heterocycles. The second kappa shape index (κ2) is 8.01. The van der Waals surface area contributed by atoms with Gasteiger partial charge in [0.25, 0.3) is 0 Å². The van der Waals surface area contributed by atoms with Gasteiger partial charge in [-0.1, -0.05) is 17.8 Å². The van der Waals surface area contributed by atoms with Crippen molar-refractivity contribution in [3.8, 4) is 5.75 Å². The molecule has 2 amide bonds. The quantitative estimate of drug-likeness (QED) is 0.844. The van der Waals surface area contributed by atoms with Crippen LogP contribution < -0.4 is 15.4 Å². The molecular formula is C18H16FN3O3S. The number of rotatable bonds is 5. The van der Waals surface area contributed by atoms with Gasteiger partial charge in [-0.05, 0) is 36.4 Å². The van der Waals surface area contributed by atoms with Crippen molar-refractivity contribution in [3.05, 3.63) is 54.3 Å². The number of anilines is 1. The maximum atomic E-state index is 12.9. The largest absolute Gasteiger partial charge is 0.497 e. The van der Waals surface area contributed by atoms with Crippen molar-refractivity contribution in [3.63, 3.8) is 0 Å². The number of benzene rings is 2. The van der Waals surface area contributed by atoms with Crippen LogP contribution in [-0.4, -0.2) is 29.3 Å². The third-order valence-corrected chi connectivity index (χ3v) is 4.64. The summed E-state index contributed by atoms with van der Waals surface area (Å²) in [5, 5.41) is 5.20. The Morgan fingerprint density at radius 3 is 2.81 bits per heavy atom. The van der Waals surface area contributed by atoms with Crippen molar-refractivity contribution in [1.82, 2.24) is 5.32 Å². The molecule has 0 aliphatic carbocycles. The summed E-state index contributed by atoms with van der Waals surface area (Å²) in [4.78, 5) is 28.5. The maximum Gasteiger partial charge on any atom is 0.240 e. The average Bonchev–Trinajstić information content (AvgIpc) is 2.96. The number of ether oxygens (including phenoxy) is 1. The molecule has 2 aromatic rings. The van der Waals surface area contributed by atoms with E-state index in [9.17, 15) is 14.0 Å². The summed E-state index contributed by atoms with van der Waals surface area (Å²) in [7, 11) is 1.54. The molecule has 1 saturated heterocycles. The molecule has 2 aromatic carbocycles. The van der Waals surface area contributed by atoms with Gasteiger partial charge in [-0.25, -0.2) is 9.38 Å². The van der Waals surface area contributed by atoms with Crippen LogP contribution in [-0.2, 0) is 9.59 Å². The van der Waals surface area contributed by atoms with E-state index in [0.29, 0.717) is 22.3 Å². The maximum absolute atomic E-state index is 12.9. The number of thioether (sulfide) groups is 1. The fraction of sp³-hybridized carbons (Fsp3) is 0.167. The van der Waals surface area contributed by atoms with Crippen molar-refractivity contribution in [2.45, 2.75) is 11.7 Å². The van der Waals surface area contributed by atoms with E-state index in [1.807, 2.05) is 0 Å². The van der Waals surface area contributed by atoms with Crippen molar-refractivity contribution in [2.75, 3.05) is 12.4 Å². The van der Waals surface area contributed by atoms with E-state index in [0.717, 1.165) is 0 Å². The SMILES string of the molecule is COc1cccc(NC(=O)C[C@@H]2SC(=Nc3ccc(F)cc3)NC2=O)c1. The van der Waals surface area contributed by atoms with Crippen molar-refractivity contribution in [1.29, 1.82) is 0 Å². The molecule has 8 heteroatoms. The van der Waals surface area contributed by atoms with Gasteiger partial charge >= 0.3 is 0 Å². The number of carbonyl (C=O) groups is 2. The Balaban J connectivity index is 1.60. The fourth-order valence-corrected chi connectivity index (χ4v) is 3.29. The molecule has 0 radical (unpaired) electrons. The predicted molar refractivity (Wildman–Crippen MR) is 99.3 cm³/mol. The van der Waals surface area contributed by atoms with Gasteiger partial charge < -0.3 is 15.4 Å².